The number of furan rings is 1. The van der Waals surface area contributed by atoms with E-state index in [-0.39, 0.29) is 12.5 Å². The minimum Gasteiger partial charge on any atom is -0.467 e. The molecule has 3 heterocycles. The molecule has 150 valence electrons. The fraction of sp³-hybridized carbons (Fsp3) is 0.190. The van der Waals surface area contributed by atoms with Crippen molar-refractivity contribution in [1.29, 1.82) is 5.26 Å². The van der Waals surface area contributed by atoms with Gasteiger partial charge in [0.15, 0.2) is 0 Å². The predicted octanol–water partition coefficient (Wildman–Crippen LogP) is 2.91. The summed E-state index contributed by atoms with van der Waals surface area (Å²) in [6, 6.07) is 15.2. The van der Waals surface area contributed by atoms with E-state index in [1.807, 2.05) is 54.8 Å². The van der Waals surface area contributed by atoms with Crippen LogP contribution in [0.25, 0.3) is 11.4 Å². The third-order valence-corrected chi connectivity index (χ3v) is 4.86. The first-order valence-electron chi connectivity index (χ1n) is 9.32. The largest absolute Gasteiger partial charge is 0.467 e. The number of hydrogen-bond acceptors (Lipinski definition) is 6. The third kappa shape index (κ3) is 3.71. The molecule has 4 rings (SSSR count). The zero-order valence-electron chi connectivity index (χ0n) is 16.5. The van der Waals surface area contributed by atoms with Gasteiger partial charge in [-0.3, -0.25) is 4.79 Å². The summed E-state index contributed by atoms with van der Waals surface area (Å²) in [6.45, 7) is 4.03. The Balaban J connectivity index is 1.55. The summed E-state index contributed by atoms with van der Waals surface area (Å²) in [4.78, 5) is 13.9. The molecule has 0 radical (unpaired) electrons. The molecule has 0 aliphatic rings. The van der Waals surface area contributed by atoms with Crippen molar-refractivity contribution in [3.8, 4) is 17.5 Å². The Bertz CT molecular complexity index is 1210. The topological polar surface area (TPSA) is 115 Å². The van der Waals surface area contributed by atoms with E-state index in [1.165, 1.54) is 4.80 Å². The number of tetrazole rings is 1. The summed E-state index contributed by atoms with van der Waals surface area (Å²) in [6.07, 6.45) is 1.59. The molecular weight excluding hydrogens is 382 g/mol. The van der Waals surface area contributed by atoms with Gasteiger partial charge in [-0.15, -0.1) is 10.2 Å². The van der Waals surface area contributed by atoms with Gasteiger partial charge in [0.1, 0.15) is 24.2 Å². The van der Waals surface area contributed by atoms with Crippen LogP contribution in [-0.4, -0.2) is 30.7 Å². The molecule has 1 N–H and O–H groups in total. The summed E-state index contributed by atoms with van der Waals surface area (Å²) in [7, 11) is 0. The number of anilines is 1. The number of aromatic nitrogens is 5. The Morgan fingerprint density at radius 3 is 2.70 bits per heavy atom. The van der Waals surface area contributed by atoms with Crippen molar-refractivity contribution in [2.45, 2.75) is 26.9 Å². The minimum atomic E-state index is -0.360. The van der Waals surface area contributed by atoms with Gasteiger partial charge >= 0.3 is 0 Å². The Morgan fingerprint density at radius 1 is 1.20 bits per heavy atom. The Morgan fingerprint density at radius 2 is 2.00 bits per heavy atom. The van der Waals surface area contributed by atoms with Crippen LogP contribution >= 0.6 is 0 Å². The molecule has 3 aromatic heterocycles. The number of hydrogen-bond donors (Lipinski definition) is 1. The summed E-state index contributed by atoms with van der Waals surface area (Å²) in [5.41, 5.74) is 2.92. The number of nitrogens with one attached hydrogen (secondary N) is 1. The van der Waals surface area contributed by atoms with E-state index in [4.69, 9.17) is 4.42 Å². The maximum Gasteiger partial charge on any atom is 0.249 e. The molecule has 9 nitrogen and oxygen atoms in total. The van der Waals surface area contributed by atoms with Crippen LogP contribution in [0, 0.1) is 25.2 Å². The van der Waals surface area contributed by atoms with Gasteiger partial charge in [0, 0.05) is 11.3 Å². The number of amides is 1. The summed E-state index contributed by atoms with van der Waals surface area (Å²) in [5, 5.41) is 24.7. The van der Waals surface area contributed by atoms with Crippen molar-refractivity contribution in [2.24, 2.45) is 0 Å². The molecule has 1 amide bonds. The van der Waals surface area contributed by atoms with E-state index in [2.05, 4.69) is 26.8 Å². The summed E-state index contributed by atoms with van der Waals surface area (Å²) < 4.78 is 7.28. The highest BCUT2D eigenvalue weighted by molar-refractivity contribution is 5.91. The minimum absolute atomic E-state index is 0.130. The number of carbonyl (C=O) groups is 1. The van der Waals surface area contributed by atoms with Crippen LogP contribution in [0.4, 0.5) is 5.82 Å². The average Bonchev–Trinajstić information content (AvgIpc) is 3.47. The van der Waals surface area contributed by atoms with E-state index in [9.17, 15) is 10.1 Å². The Hall–Kier alpha value is -4.19. The molecule has 0 spiro atoms. The van der Waals surface area contributed by atoms with Crippen molar-refractivity contribution >= 4 is 11.7 Å². The zero-order chi connectivity index (χ0) is 21.1. The molecule has 30 heavy (non-hydrogen) atoms. The highest BCUT2D eigenvalue weighted by Crippen LogP contribution is 2.27. The number of nitrogens with zero attached hydrogens (tertiary/aromatic N) is 6. The highest BCUT2D eigenvalue weighted by Gasteiger charge is 2.21. The molecule has 0 atom stereocenters. The second-order valence-electron chi connectivity index (χ2n) is 6.77. The van der Waals surface area contributed by atoms with Gasteiger partial charge < -0.3 is 14.3 Å². The highest BCUT2D eigenvalue weighted by atomic mass is 16.3. The van der Waals surface area contributed by atoms with Gasteiger partial charge in [0.05, 0.1) is 18.4 Å². The predicted molar refractivity (Wildman–Crippen MR) is 108 cm³/mol. The van der Waals surface area contributed by atoms with Crippen molar-refractivity contribution in [1.82, 2.24) is 24.8 Å². The summed E-state index contributed by atoms with van der Waals surface area (Å²) in [5.74, 6) is 1.23. The van der Waals surface area contributed by atoms with Crippen LogP contribution in [0.15, 0.2) is 53.1 Å². The monoisotopic (exact) mass is 401 g/mol. The molecule has 0 fully saturated rings. The Kier molecular flexibility index (Phi) is 5.13. The SMILES string of the molecule is Cc1c(C#N)c(NC(=O)Cn2nnc(-c3ccccc3)n2)n(Cc2ccco2)c1C. The van der Waals surface area contributed by atoms with E-state index in [1.54, 1.807) is 12.3 Å². The van der Waals surface area contributed by atoms with Gasteiger partial charge in [0.2, 0.25) is 11.7 Å². The number of rotatable bonds is 6. The molecule has 0 saturated carbocycles. The molecule has 0 saturated heterocycles. The average molecular weight is 401 g/mol. The van der Waals surface area contributed by atoms with Crippen molar-refractivity contribution in [3.05, 3.63) is 71.3 Å². The zero-order valence-corrected chi connectivity index (χ0v) is 16.5. The van der Waals surface area contributed by atoms with Crippen LogP contribution in [0.3, 0.4) is 0 Å². The molecule has 1 aromatic carbocycles. The van der Waals surface area contributed by atoms with Crippen LogP contribution in [0.1, 0.15) is 22.6 Å². The standard InChI is InChI=1S/C21H19N7O2/c1-14-15(2)27(12-17-9-6-10-30-17)21(18(14)11-22)23-19(29)13-28-25-20(24-26-28)16-7-4-3-5-8-16/h3-10H,12-13H2,1-2H3,(H,23,29). The van der Waals surface area contributed by atoms with Gasteiger partial charge in [-0.2, -0.15) is 10.1 Å². The van der Waals surface area contributed by atoms with Crippen molar-refractivity contribution in [2.75, 3.05) is 5.32 Å². The van der Waals surface area contributed by atoms with E-state index in [0.717, 1.165) is 22.6 Å². The first-order valence-corrected chi connectivity index (χ1v) is 9.32. The first kappa shape index (κ1) is 19.1. The quantitative estimate of drug-likeness (QED) is 0.531. The van der Waals surface area contributed by atoms with Crippen molar-refractivity contribution < 1.29 is 9.21 Å². The van der Waals surface area contributed by atoms with Crippen LogP contribution in [0.2, 0.25) is 0 Å². The van der Waals surface area contributed by atoms with Gasteiger partial charge in [-0.1, -0.05) is 30.3 Å². The van der Waals surface area contributed by atoms with E-state index >= 15 is 0 Å². The summed E-state index contributed by atoms with van der Waals surface area (Å²) >= 11 is 0. The van der Waals surface area contributed by atoms with Crippen LogP contribution in [-0.2, 0) is 17.9 Å². The van der Waals surface area contributed by atoms with E-state index < -0.39 is 0 Å². The molecule has 0 unspecified atom stereocenters. The second kappa shape index (κ2) is 8.05. The number of carbonyl (C=O) groups excluding carboxylic acids is 1. The van der Waals surface area contributed by atoms with Gasteiger partial charge in [-0.25, -0.2) is 0 Å². The fourth-order valence-corrected chi connectivity index (χ4v) is 3.20. The molecule has 9 heteroatoms. The van der Waals surface area contributed by atoms with Crippen molar-refractivity contribution in [3.63, 3.8) is 0 Å². The maximum atomic E-state index is 12.7. The van der Waals surface area contributed by atoms with Gasteiger partial charge in [-0.05, 0) is 36.8 Å². The third-order valence-electron chi connectivity index (χ3n) is 4.86. The number of nitriles is 1. The molecule has 0 aliphatic heterocycles. The second-order valence-corrected chi connectivity index (χ2v) is 6.77. The number of benzene rings is 1. The Labute approximate surface area is 172 Å². The lowest BCUT2D eigenvalue weighted by atomic mass is 10.2. The normalized spacial score (nSPS) is 10.7. The first-order chi connectivity index (χ1) is 14.6. The lowest BCUT2D eigenvalue weighted by Crippen LogP contribution is -2.23. The molecule has 4 aromatic rings. The maximum absolute atomic E-state index is 12.7. The van der Waals surface area contributed by atoms with Crippen LogP contribution < -0.4 is 5.32 Å². The van der Waals surface area contributed by atoms with Crippen LogP contribution in [0.5, 0.6) is 0 Å². The molecule has 0 aliphatic carbocycles. The smallest absolute Gasteiger partial charge is 0.249 e. The fourth-order valence-electron chi connectivity index (χ4n) is 3.20. The van der Waals surface area contributed by atoms with Gasteiger partial charge in [0.25, 0.3) is 0 Å². The van der Waals surface area contributed by atoms with E-state index in [0.29, 0.717) is 23.8 Å². The molecule has 0 bridgehead atoms. The molecular formula is C21H19N7O2. The lowest BCUT2D eigenvalue weighted by Gasteiger charge is -2.11. The lowest BCUT2D eigenvalue weighted by molar-refractivity contribution is -0.117.